The number of carbonyl (C=O) groups excluding carboxylic acids is 1. The molecule has 5 N–H and O–H groups in total. The van der Waals surface area contributed by atoms with Gasteiger partial charge in [-0.15, -0.1) is 5.10 Å². The van der Waals surface area contributed by atoms with Crippen LogP contribution in [0.1, 0.15) is 28.2 Å². The van der Waals surface area contributed by atoms with Crippen LogP contribution >= 0.6 is 11.3 Å². The molecule has 3 rings (SSSR count). The van der Waals surface area contributed by atoms with Crippen LogP contribution in [0.5, 0.6) is 0 Å². The van der Waals surface area contributed by atoms with Crippen LogP contribution in [0.2, 0.25) is 0 Å². The number of thiophene rings is 1. The van der Waals surface area contributed by atoms with Crippen LogP contribution in [0.25, 0.3) is 0 Å². The Hall–Kier alpha value is -2.29. The first-order chi connectivity index (χ1) is 11.5. The lowest BCUT2D eigenvalue weighted by Crippen LogP contribution is -2.33. The van der Waals surface area contributed by atoms with Crippen molar-refractivity contribution < 1.29 is 24.9 Å². The number of amides is 1. The molecule has 0 saturated carbocycles. The molecule has 0 unspecified atom stereocenters. The lowest BCUT2D eigenvalue weighted by atomic mass is 10.1. The number of nitrogens with two attached hydrogens (primary N) is 1. The summed E-state index contributed by atoms with van der Waals surface area (Å²) in [5, 5.41) is 36.7. The number of carbonyl (C=O) groups is 1. The third kappa shape index (κ3) is 3.03. The molecule has 2 aromatic rings. The van der Waals surface area contributed by atoms with E-state index in [0.717, 1.165) is 10.2 Å². The topological polar surface area (TPSA) is 144 Å². The molecule has 0 aliphatic carbocycles. The second-order valence-corrected chi connectivity index (χ2v) is 5.84. The van der Waals surface area contributed by atoms with Gasteiger partial charge >= 0.3 is 0 Å². The zero-order chi connectivity index (χ0) is 17.3. The molecule has 1 aliphatic rings. The molecule has 1 amide bonds. The Bertz CT molecular complexity index is 794. The van der Waals surface area contributed by atoms with E-state index in [-0.39, 0.29) is 11.6 Å². The van der Waals surface area contributed by atoms with Crippen molar-refractivity contribution in [3.05, 3.63) is 34.0 Å². The maximum Gasteiger partial charge on any atom is 0.288 e. The van der Waals surface area contributed by atoms with Crippen LogP contribution in [0.15, 0.2) is 16.8 Å². The van der Waals surface area contributed by atoms with Gasteiger partial charge in [0.15, 0.2) is 6.23 Å². The Balaban J connectivity index is 1.99. The molecule has 0 radical (unpaired) electrons. The van der Waals surface area contributed by atoms with E-state index in [4.69, 9.17) is 15.6 Å². The molecule has 3 heterocycles. The highest BCUT2D eigenvalue weighted by atomic mass is 32.1. The van der Waals surface area contributed by atoms with E-state index in [1.165, 1.54) is 11.3 Å². The van der Waals surface area contributed by atoms with Crippen molar-refractivity contribution in [1.29, 1.82) is 0 Å². The van der Waals surface area contributed by atoms with Gasteiger partial charge in [-0.05, 0) is 17.4 Å². The SMILES string of the molecule is NC(=O)c1nc(C#Cc2ccsc2)n([C@@H]2O[C@H](CO)[C@@H](O)[C@H]2O)n1. The standard InChI is InChI=1S/C14H14N4O5S/c15-12(22)13-16-9(2-1-7-3-4-24-6-7)18(17-13)14-11(21)10(20)8(5-19)23-14/h3-4,6,8,10-11,14,19-21H,5H2,(H2,15,22)/t8-,10-,11-,14-/m1/s1. The van der Waals surface area contributed by atoms with Gasteiger partial charge in [0, 0.05) is 10.9 Å². The van der Waals surface area contributed by atoms with E-state index in [2.05, 4.69) is 21.9 Å². The van der Waals surface area contributed by atoms with E-state index in [1.807, 2.05) is 10.8 Å². The van der Waals surface area contributed by atoms with Gasteiger partial charge in [-0.25, -0.2) is 4.68 Å². The van der Waals surface area contributed by atoms with E-state index in [0.29, 0.717) is 0 Å². The molecule has 0 aromatic carbocycles. The highest BCUT2D eigenvalue weighted by molar-refractivity contribution is 7.08. The monoisotopic (exact) mass is 350 g/mol. The van der Waals surface area contributed by atoms with Crippen LogP contribution in [0.3, 0.4) is 0 Å². The lowest BCUT2D eigenvalue weighted by Gasteiger charge is -2.15. The third-order valence-corrected chi connectivity index (χ3v) is 4.13. The van der Waals surface area contributed by atoms with E-state index >= 15 is 0 Å². The zero-order valence-corrected chi connectivity index (χ0v) is 13.1. The summed E-state index contributed by atoms with van der Waals surface area (Å²) in [6.07, 6.45) is -4.81. The van der Waals surface area contributed by atoms with Gasteiger partial charge in [0.25, 0.3) is 5.91 Å². The van der Waals surface area contributed by atoms with Crippen LogP contribution in [-0.2, 0) is 4.74 Å². The molecule has 10 heteroatoms. The smallest absolute Gasteiger partial charge is 0.288 e. The highest BCUT2D eigenvalue weighted by Gasteiger charge is 2.44. The normalized spacial score (nSPS) is 26.1. The van der Waals surface area contributed by atoms with E-state index in [1.54, 1.807) is 6.07 Å². The number of nitrogens with zero attached hydrogens (tertiary/aromatic N) is 3. The van der Waals surface area contributed by atoms with Crippen molar-refractivity contribution in [2.24, 2.45) is 5.73 Å². The average Bonchev–Trinajstić information content (AvgIpc) is 3.26. The number of aromatic nitrogens is 3. The van der Waals surface area contributed by atoms with Crippen LogP contribution in [-0.4, -0.2) is 60.9 Å². The molecule has 0 bridgehead atoms. The van der Waals surface area contributed by atoms with E-state index < -0.39 is 37.1 Å². The number of aliphatic hydroxyl groups is 3. The van der Waals surface area contributed by atoms with Gasteiger partial charge in [-0.2, -0.15) is 16.3 Å². The summed E-state index contributed by atoms with van der Waals surface area (Å²) in [5.74, 6) is 4.48. The van der Waals surface area contributed by atoms with Crippen molar-refractivity contribution in [2.75, 3.05) is 6.61 Å². The summed E-state index contributed by atoms with van der Waals surface area (Å²) in [7, 11) is 0. The third-order valence-electron chi connectivity index (χ3n) is 3.45. The van der Waals surface area contributed by atoms with Gasteiger partial charge in [0.1, 0.15) is 18.3 Å². The summed E-state index contributed by atoms with van der Waals surface area (Å²) >= 11 is 1.47. The summed E-state index contributed by atoms with van der Waals surface area (Å²) in [5.41, 5.74) is 5.93. The minimum absolute atomic E-state index is 0.0461. The quantitative estimate of drug-likeness (QED) is 0.491. The Labute approximate surface area is 140 Å². The fourth-order valence-corrected chi connectivity index (χ4v) is 2.82. The van der Waals surface area contributed by atoms with Crippen LogP contribution < -0.4 is 5.73 Å². The Morgan fingerprint density at radius 1 is 1.42 bits per heavy atom. The molecule has 24 heavy (non-hydrogen) atoms. The molecule has 9 nitrogen and oxygen atoms in total. The molecular formula is C14H14N4O5S. The number of aliphatic hydroxyl groups excluding tert-OH is 3. The first-order valence-electron chi connectivity index (χ1n) is 6.94. The molecule has 126 valence electrons. The van der Waals surface area contributed by atoms with Crippen molar-refractivity contribution >= 4 is 17.2 Å². The maximum atomic E-state index is 11.3. The highest BCUT2D eigenvalue weighted by Crippen LogP contribution is 2.29. The predicted octanol–water partition coefficient (Wildman–Crippen LogP) is -1.55. The van der Waals surface area contributed by atoms with Crippen molar-refractivity contribution in [3.8, 4) is 11.8 Å². The maximum absolute atomic E-state index is 11.3. The van der Waals surface area contributed by atoms with Crippen molar-refractivity contribution in [3.63, 3.8) is 0 Å². The summed E-state index contributed by atoms with van der Waals surface area (Å²) < 4.78 is 6.47. The summed E-state index contributed by atoms with van der Waals surface area (Å²) in [6, 6.07) is 1.81. The molecule has 1 fully saturated rings. The van der Waals surface area contributed by atoms with Gasteiger partial charge in [-0.3, -0.25) is 4.79 Å². The van der Waals surface area contributed by atoms with E-state index in [9.17, 15) is 15.0 Å². The fourth-order valence-electron chi connectivity index (χ4n) is 2.24. The molecule has 0 spiro atoms. The Morgan fingerprint density at radius 2 is 2.21 bits per heavy atom. The largest absolute Gasteiger partial charge is 0.394 e. The van der Waals surface area contributed by atoms with Gasteiger partial charge in [0.05, 0.1) is 6.61 Å². The van der Waals surface area contributed by atoms with Crippen molar-refractivity contribution in [1.82, 2.24) is 14.8 Å². The van der Waals surface area contributed by atoms with Gasteiger partial charge in [0.2, 0.25) is 11.6 Å². The number of rotatable bonds is 3. The van der Waals surface area contributed by atoms with Crippen LogP contribution in [0, 0.1) is 11.8 Å². The second-order valence-electron chi connectivity index (χ2n) is 5.06. The fraction of sp³-hybridized carbons (Fsp3) is 0.357. The number of ether oxygens (including phenoxy) is 1. The first kappa shape index (κ1) is 16.6. The lowest BCUT2D eigenvalue weighted by molar-refractivity contribution is -0.0592. The Kier molecular flexibility index (Phi) is 4.61. The second kappa shape index (κ2) is 6.68. The molecule has 4 atom stereocenters. The minimum atomic E-state index is -1.37. The minimum Gasteiger partial charge on any atom is -0.394 e. The Morgan fingerprint density at radius 3 is 2.79 bits per heavy atom. The van der Waals surface area contributed by atoms with Crippen molar-refractivity contribution in [2.45, 2.75) is 24.5 Å². The first-order valence-corrected chi connectivity index (χ1v) is 7.88. The molecule has 1 saturated heterocycles. The molecule has 1 aliphatic heterocycles. The average molecular weight is 350 g/mol. The van der Waals surface area contributed by atoms with Gasteiger partial charge in [-0.1, -0.05) is 5.92 Å². The predicted molar refractivity (Wildman–Crippen MR) is 81.8 cm³/mol. The number of hydrogen-bond donors (Lipinski definition) is 4. The summed E-state index contributed by atoms with van der Waals surface area (Å²) in [6.45, 7) is -0.484. The molecular weight excluding hydrogens is 336 g/mol. The van der Waals surface area contributed by atoms with Crippen LogP contribution in [0.4, 0.5) is 0 Å². The number of primary amides is 1. The molecule has 2 aromatic heterocycles. The van der Waals surface area contributed by atoms with Gasteiger partial charge < -0.3 is 25.8 Å². The summed E-state index contributed by atoms with van der Waals surface area (Å²) in [4.78, 5) is 15.3. The zero-order valence-electron chi connectivity index (χ0n) is 12.2. The number of hydrogen-bond acceptors (Lipinski definition) is 8.